The van der Waals surface area contributed by atoms with Gasteiger partial charge in [0.2, 0.25) is 0 Å². The van der Waals surface area contributed by atoms with E-state index in [0.29, 0.717) is 15.7 Å². The van der Waals surface area contributed by atoms with Crippen LogP contribution in [0.2, 0.25) is 10.0 Å². The monoisotopic (exact) mass is 370 g/mol. The second-order valence-electron chi connectivity index (χ2n) is 4.46. The Bertz CT molecular complexity index is 685. The summed E-state index contributed by atoms with van der Waals surface area (Å²) in [4.78, 5) is 12.1. The molecule has 1 heterocycles. The van der Waals surface area contributed by atoms with Gasteiger partial charge in [-0.3, -0.25) is 4.79 Å². The van der Waals surface area contributed by atoms with Crippen LogP contribution >= 0.6 is 39.1 Å². The molecule has 0 radical (unpaired) electrons. The molecule has 0 spiro atoms. The summed E-state index contributed by atoms with van der Waals surface area (Å²) in [5.74, 6) is -0.103. The first-order valence-electron chi connectivity index (χ1n) is 5.86. The van der Waals surface area contributed by atoms with Crippen molar-refractivity contribution in [1.29, 1.82) is 0 Å². The minimum atomic E-state index is -0.451. The zero-order chi connectivity index (χ0) is 14.3. The summed E-state index contributed by atoms with van der Waals surface area (Å²) in [6.07, 6.45) is 0. The van der Waals surface area contributed by atoms with Crippen LogP contribution in [-0.2, 0) is 4.79 Å². The maximum absolute atomic E-state index is 12.1. The Morgan fingerprint density at radius 3 is 2.50 bits per heavy atom. The molecular weight excluding hydrogens is 363 g/mol. The maximum Gasteiger partial charge on any atom is 0.251 e. The average molecular weight is 372 g/mol. The molecule has 1 aliphatic heterocycles. The normalized spacial score (nSPS) is 16.8. The highest BCUT2D eigenvalue weighted by molar-refractivity contribution is 9.10. The smallest absolute Gasteiger partial charge is 0.251 e. The summed E-state index contributed by atoms with van der Waals surface area (Å²) in [7, 11) is 0. The first kappa shape index (κ1) is 13.7. The molecule has 20 heavy (non-hydrogen) atoms. The van der Waals surface area contributed by atoms with Crippen LogP contribution in [0.4, 0.5) is 11.4 Å². The quantitative estimate of drug-likeness (QED) is 0.791. The van der Waals surface area contributed by atoms with E-state index in [1.54, 1.807) is 18.2 Å². The maximum atomic E-state index is 12.1. The number of halogens is 3. The molecule has 2 aromatic rings. The molecule has 102 valence electrons. The third-order valence-electron chi connectivity index (χ3n) is 3.02. The Hall–Kier alpha value is -1.23. The molecule has 2 N–H and O–H groups in total. The summed E-state index contributed by atoms with van der Waals surface area (Å²) in [6, 6.07) is 10.3. The molecule has 2 aromatic carbocycles. The molecule has 3 nitrogen and oxygen atoms in total. The highest BCUT2D eigenvalue weighted by Gasteiger charge is 2.30. The topological polar surface area (TPSA) is 41.1 Å². The number of carbonyl (C=O) groups is 1. The van der Waals surface area contributed by atoms with E-state index in [1.165, 1.54) is 0 Å². The van der Waals surface area contributed by atoms with E-state index < -0.39 is 6.04 Å². The number of hydrogen-bond acceptors (Lipinski definition) is 2. The summed E-state index contributed by atoms with van der Waals surface area (Å²) in [6.45, 7) is 0. The number of amides is 1. The van der Waals surface area contributed by atoms with Crippen molar-refractivity contribution in [2.45, 2.75) is 6.04 Å². The van der Waals surface area contributed by atoms with Crippen molar-refractivity contribution >= 4 is 56.4 Å². The molecule has 0 saturated carbocycles. The first-order chi connectivity index (χ1) is 9.52. The molecule has 1 aliphatic rings. The fourth-order valence-corrected chi connectivity index (χ4v) is 3.07. The molecule has 6 heteroatoms. The second-order valence-corrected chi connectivity index (χ2v) is 6.24. The van der Waals surface area contributed by atoms with E-state index in [4.69, 9.17) is 23.2 Å². The Balaban J connectivity index is 1.94. The third kappa shape index (κ3) is 2.64. The van der Waals surface area contributed by atoms with Crippen LogP contribution in [0.3, 0.4) is 0 Å². The number of fused-ring (bicyclic) bond motifs is 1. The van der Waals surface area contributed by atoms with Gasteiger partial charge in [0.25, 0.3) is 5.91 Å². The average Bonchev–Trinajstić information content (AvgIpc) is 2.64. The fraction of sp³-hybridized carbons (Fsp3) is 0.0714. The van der Waals surface area contributed by atoms with Gasteiger partial charge in [-0.2, -0.15) is 0 Å². The van der Waals surface area contributed by atoms with Crippen LogP contribution in [0.25, 0.3) is 0 Å². The van der Waals surface area contributed by atoms with Crippen molar-refractivity contribution in [1.82, 2.24) is 0 Å². The van der Waals surface area contributed by atoms with Crippen LogP contribution < -0.4 is 10.6 Å². The molecule has 0 aromatic heterocycles. The van der Waals surface area contributed by atoms with Gasteiger partial charge in [0, 0.05) is 31.5 Å². The van der Waals surface area contributed by atoms with Gasteiger partial charge in [-0.1, -0.05) is 45.2 Å². The summed E-state index contributed by atoms with van der Waals surface area (Å²) >= 11 is 15.3. The molecular formula is C14H9BrCl2N2O. The summed E-state index contributed by atoms with van der Waals surface area (Å²) < 4.78 is 0.919. The summed E-state index contributed by atoms with van der Waals surface area (Å²) in [5, 5.41) is 7.04. The van der Waals surface area contributed by atoms with Crippen molar-refractivity contribution < 1.29 is 4.79 Å². The lowest BCUT2D eigenvalue weighted by Gasteiger charge is -2.13. The highest BCUT2D eigenvalue weighted by Crippen LogP contribution is 2.36. The second kappa shape index (κ2) is 5.28. The number of benzene rings is 2. The molecule has 0 fully saturated rings. The predicted octanol–water partition coefficient (Wildman–Crippen LogP) is 4.86. The van der Waals surface area contributed by atoms with Crippen LogP contribution in [0.15, 0.2) is 40.9 Å². The lowest BCUT2D eigenvalue weighted by molar-refractivity contribution is -0.116. The number of nitrogens with one attached hydrogen (secondary N) is 2. The molecule has 1 atom stereocenters. The molecule has 1 amide bonds. The number of rotatable bonds is 2. The van der Waals surface area contributed by atoms with Crippen molar-refractivity contribution in [3.63, 3.8) is 0 Å². The van der Waals surface area contributed by atoms with E-state index in [1.807, 2.05) is 18.2 Å². The Labute approximate surface area is 134 Å². The Morgan fingerprint density at radius 1 is 1.10 bits per heavy atom. The molecule has 0 saturated heterocycles. The van der Waals surface area contributed by atoms with Gasteiger partial charge in [0.05, 0.1) is 0 Å². The van der Waals surface area contributed by atoms with E-state index in [-0.39, 0.29) is 5.91 Å². The fourth-order valence-electron chi connectivity index (χ4n) is 2.18. The van der Waals surface area contributed by atoms with Crippen LogP contribution in [0, 0.1) is 0 Å². The van der Waals surface area contributed by atoms with Gasteiger partial charge >= 0.3 is 0 Å². The molecule has 1 unspecified atom stereocenters. The van der Waals surface area contributed by atoms with Crippen molar-refractivity contribution in [2.24, 2.45) is 0 Å². The van der Waals surface area contributed by atoms with Crippen LogP contribution in [0.5, 0.6) is 0 Å². The number of carbonyl (C=O) groups excluding carboxylic acids is 1. The first-order valence-corrected chi connectivity index (χ1v) is 7.41. The van der Waals surface area contributed by atoms with Gasteiger partial charge in [-0.05, 0) is 30.3 Å². The minimum Gasteiger partial charge on any atom is -0.370 e. The standard InChI is InChI=1S/C14H9BrCl2N2O/c15-7-1-2-11-12(3-7)19-14(20)13(11)18-10-5-8(16)4-9(17)6-10/h1-6,13,18H,(H,19,20). The van der Waals surface area contributed by atoms with Crippen molar-refractivity contribution in [3.8, 4) is 0 Å². The Morgan fingerprint density at radius 2 is 1.80 bits per heavy atom. The van der Waals surface area contributed by atoms with E-state index >= 15 is 0 Å². The lowest BCUT2D eigenvalue weighted by Crippen LogP contribution is -2.19. The SMILES string of the molecule is O=C1Nc2cc(Br)ccc2C1Nc1cc(Cl)cc(Cl)c1. The van der Waals surface area contributed by atoms with Crippen LogP contribution in [-0.4, -0.2) is 5.91 Å². The zero-order valence-electron chi connectivity index (χ0n) is 10.1. The van der Waals surface area contributed by atoms with Gasteiger partial charge in [0.15, 0.2) is 0 Å². The van der Waals surface area contributed by atoms with Gasteiger partial charge < -0.3 is 10.6 Å². The number of anilines is 2. The van der Waals surface area contributed by atoms with E-state index in [2.05, 4.69) is 26.6 Å². The lowest BCUT2D eigenvalue weighted by atomic mass is 10.1. The molecule has 3 rings (SSSR count). The molecule has 0 aliphatic carbocycles. The van der Waals surface area contributed by atoms with Crippen LogP contribution in [0.1, 0.15) is 11.6 Å². The predicted molar refractivity (Wildman–Crippen MR) is 85.6 cm³/mol. The van der Waals surface area contributed by atoms with E-state index in [9.17, 15) is 4.79 Å². The van der Waals surface area contributed by atoms with Gasteiger partial charge in [0.1, 0.15) is 6.04 Å². The van der Waals surface area contributed by atoms with Gasteiger partial charge in [-0.25, -0.2) is 0 Å². The van der Waals surface area contributed by atoms with Crippen molar-refractivity contribution in [3.05, 3.63) is 56.5 Å². The summed E-state index contributed by atoms with van der Waals surface area (Å²) in [5.41, 5.74) is 2.41. The zero-order valence-corrected chi connectivity index (χ0v) is 13.2. The minimum absolute atomic E-state index is 0.103. The van der Waals surface area contributed by atoms with E-state index in [0.717, 1.165) is 15.7 Å². The highest BCUT2D eigenvalue weighted by atomic mass is 79.9. The third-order valence-corrected chi connectivity index (χ3v) is 3.95. The largest absolute Gasteiger partial charge is 0.370 e. The van der Waals surface area contributed by atoms with Gasteiger partial charge in [-0.15, -0.1) is 0 Å². The molecule has 0 bridgehead atoms. The number of hydrogen-bond donors (Lipinski definition) is 2. The van der Waals surface area contributed by atoms with Crippen molar-refractivity contribution in [2.75, 3.05) is 10.6 Å². The Kier molecular flexibility index (Phi) is 3.63.